The molecule has 0 aliphatic heterocycles. The van der Waals surface area contributed by atoms with Crippen molar-refractivity contribution in [2.75, 3.05) is 20.6 Å². The summed E-state index contributed by atoms with van der Waals surface area (Å²) in [7, 11) is 4.08. The molecule has 1 aliphatic carbocycles. The molecule has 1 amide bonds. The number of amides is 1. The van der Waals surface area contributed by atoms with Crippen LogP contribution in [0.25, 0.3) is 0 Å². The molecule has 19 heavy (non-hydrogen) atoms. The molecule has 1 aromatic carbocycles. The van der Waals surface area contributed by atoms with Gasteiger partial charge in [-0.2, -0.15) is 0 Å². The number of carbonyl (C=O) groups is 1. The maximum atomic E-state index is 12.5. The smallest absolute Gasteiger partial charge is 0.230 e. The molecule has 0 heterocycles. The van der Waals surface area contributed by atoms with Gasteiger partial charge in [0.25, 0.3) is 0 Å². The molecule has 1 aliphatic rings. The van der Waals surface area contributed by atoms with Gasteiger partial charge in [-0.1, -0.05) is 30.3 Å². The zero-order valence-corrected chi connectivity index (χ0v) is 12.4. The summed E-state index contributed by atoms with van der Waals surface area (Å²) in [6, 6.07) is 10.1. The summed E-state index contributed by atoms with van der Waals surface area (Å²) in [5.74, 6) is 0.175. The summed E-state index contributed by atoms with van der Waals surface area (Å²) in [5.41, 5.74) is 0.863. The molecule has 1 fully saturated rings. The van der Waals surface area contributed by atoms with Gasteiger partial charge in [-0.3, -0.25) is 4.79 Å². The molecule has 1 N–H and O–H groups in total. The Morgan fingerprint density at radius 1 is 1.26 bits per heavy atom. The highest BCUT2D eigenvalue weighted by Crippen LogP contribution is 2.48. The summed E-state index contributed by atoms with van der Waals surface area (Å²) >= 11 is 0. The lowest BCUT2D eigenvalue weighted by atomic mass is 9.94. The van der Waals surface area contributed by atoms with Crippen LogP contribution in [0.4, 0.5) is 0 Å². The average molecular weight is 260 g/mol. The van der Waals surface area contributed by atoms with Crippen LogP contribution in [0.15, 0.2) is 30.3 Å². The summed E-state index contributed by atoms with van der Waals surface area (Å²) in [5, 5.41) is 3.12. The fourth-order valence-corrected chi connectivity index (χ4v) is 2.15. The van der Waals surface area contributed by atoms with Crippen molar-refractivity contribution in [1.29, 1.82) is 0 Å². The van der Waals surface area contributed by atoms with Gasteiger partial charge < -0.3 is 10.2 Å². The Kier molecular flexibility index (Phi) is 3.68. The summed E-state index contributed by atoms with van der Waals surface area (Å²) in [6.07, 6.45) is 1.93. The van der Waals surface area contributed by atoms with Crippen LogP contribution >= 0.6 is 0 Å². The predicted octanol–water partition coefficient (Wildman–Crippen LogP) is 2.17. The minimum Gasteiger partial charge on any atom is -0.353 e. The van der Waals surface area contributed by atoms with E-state index in [0.717, 1.165) is 18.4 Å². The molecule has 0 saturated heterocycles. The molecule has 0 bridgehead atoms. The van der Waals surface area contributed by atoms with Gasteiger partial charge in [-0.25, -0.2) is 0 Å². The monoisotopic (exact) mass is 260 g/mol. The van der Waals surface area contributed by atoms with E-state index >= 15 is 0 Å². The highest BCUT2D eigenvalue weighted by Gasteiger charge is 2.51. The first-order chi connectivity index (χ1) is 8.88. The maximum absolute atomic E-state index is 12.5. The van der Waals surface area contributed by atoms with E-state index in [1.54, 1.807) is 0 Å². The van der Waals surface area contributed by atoms with Gasteiger partial charge in [-0.15, -0.1) is 0 Å². The molecule has 1 saturated carbocycles. The average Bonchev–Trinajstić information content (AvgIpc) is 3.18. The summed E-state index contributed by atoms with van der Waals surface area (Å²) < 4.78 is 0. The largest absolute Gasteiger partial charge is 0.353 e. The zero-order valence-electron chi connectivity index (χ0n) is 12.4. The number of nitrogens with one attached hydrogen (secondary N) is 1. The lowest BCUT2D eigenvalue weighted by Crippen LogP contribution is -2.50. The topological polar surface area (TPSA) is 32.3 Å². The van der Waals surface area contributed by atoms with Crippen molar-refractivity contribution in [3.63, 3.8) is 0 Å². The van der Waals surface area contributed by atoms with E-state index in [2.05, 4.69) is 36.2 Å². The van der Waals surface area contributed by atoms with Gasteiger partial charge in [0.1, 0.15) is 0 Å². The molecule has 0 unspecified atom stereocenters. The van der Waals surface area contributed by atoms with Crippen molar-refractivity contribution < 1.29 is 4.79 Å². The van der Waals surface area contributed by atoms with Crippen molar-refractivity contribution in [1.82, 2.24) is 10.2 Å². The van der Waals surface area contributed by atoms with Crippen LogP contribution in [-0.4, -0.2) is 37.0 Å². The van der Waals surface area contributed by atoms with Crippen molar-refractivity contribution >= 4 is 5.91 Å². The van der Waals surface area contributed by atoms with Gasteiger partial charge in [0.2, 0.25) is 5.91 Å². The lowest BCUT2D eigenvalue weighted by Gasteiger charge is -2.33. The van der Waals surface area contributed by atoms with E-state index in [1.807, 2.05) is 32.3 Å². The minimum absolute atomic E-state index is 0.0254. The van der Waals surface area contributed by atoms with E-state index in [1.165, 1.54) is 0 Å². The van der Waals surface area contributed by atoms with Crippen LogP contribution < -0.4 is 5.32 Å². The lowest BCUT2D eigenvalue weighted by molar-refractivity contribution is -0.124. The summed E-state index contributed by atoms with van der Waals surface area (Å²) in [6.45, 7) is 4.94. The second-order valence-electron chi connectivity index (χ2n) is 6.34. The van der Waals surface area contributed by atoms with Gasteiger partial charge in [0.05, 0.1) is 5.41 Å². The third-order valence-corrected chi connectivity index (χ3v) is 4.40. The first-order valence-corrected chi connectivity index (χ1v) is 6.90. The normalized spacial score (nSPS) is 17.3. The second-order valence-corrected chi connectivity index (χ2v) is 6.34. The molecule has 0 atom stereocenters. The number of likely N-dealkylation sites (N-methyl/N-ethyl adjacent to an activating group) is 1. The summed E-state index contributed by atoms with van der Waals surface area (Å²) in [4.78, 5) is 14.6. The number of hydrogen-bond acceptors (Lipinski definition) is 2. The first-order valence-electron chi connectivity index (χ1n) is 6.90. The predicted molar refractivity (Wildman–Crippen MR) is 78.1 cm³/mol. The van der Waals surface area contributed by atoms with Crippen molar-refractivity contribution in [3.8, 4) is 0 Å². The van der Waals surface area contributed by atoms with Gasteiger partial charge in [0, 0.05) is 12.1 Å². The maximum Gasteiger partial charge on any atom is 0.230 e. The van der Waals surface area contributed by atoms with E-state index in [0.29, 0.717) is 6.54 Å². The van der Waals surface area contributed by atoms with Crippen LogP contribution in [0.1, 0.15) is 32.3 Å². The minimum atomic E-state index is -0.260. The molecule has 0 radical (unpaired) electrons. The van der Waals surface area contributed by atoms with E-state index in [4.69, 9.17) is 0 Å². The molecule has 104 valence electrons. The highest BCUT2D eigenvalue weighted by molar-refractivity contribution is 5.91. The van der Waals surface area contributed by atoms with Crippen LogP contribution in [0, 0.1) is 0 Å². The molecular formula is C16H24N2O. The molecule has 2 rings (SSSR count). The Morgan fingerprint density at radius 2 is 1.84 bits per heavy atom. The van der Waals surface area contributed by atoms with Gasteiger partial charge in [0.15, 0.2) is 0 Å². The van der Waals surface area contributed by atoms with Crippen LogP contribution in [-0.2, 0) is 10.2 Å². The first kappa shape index (κ1) is 14.1. The van der Waals surface area contributed by atoms with Crippen LogP contribution in [0.2, 0.25) is 0 Å². The Labute approximate surface area is 116 Å². The SMILES string of the molecule is CN(C)C(C)(C)CNC(=O)C1(c2ccccc2)CC1. The zero-order chi connectivity index (χ0) is 14.1. The van der Waals surface area contributed by atoms with E-state index in [9.17, 15) is 4.79 Å². The number of nitrogens with zero attached hydrogens (tertiary/aromatic N) is 1. The number of benzene rings is 1. The number of carbonyl (C=O) groups excluding carboxylic acids is 1. The van der Waals surface area contributed by atoms with Crippen molar-refractivity contribution in [2.24, 2.45) is 0 Å². The van der Waals surface area contributed by atoms with Crippen molar-refractivity contribution in [2.45, 2.75) is 37.6 Å². The van der Waals surface area contributed by atoms with E-state index < -0.39 is 0 Å². The van der Waals surface area contributed by atoms with E-state index in [-0.39, 0.29) is 16.9 Å². The second kappa shape index (κ2) is 4.97. The third-order valence-electron chi connectivity index (χ3n) is 4.40. The Hall–Kier alpha value is -1.35. The fraction of sp³-hybridized carbons (Fsp3) is 0.562. The van der Waals surface area contributed by atoms with Gasteiger partial charge in [-0.05, 0) is 46.3 Å². The molecule has 3 heteroatoms. The molecular weight excluding hydrogens is 236 g/mol. The number of rotatable bonds is 5. The Balaban J connectivity index is 2.02. The Morgan fingerprint density at radius 3 is 2.32 bits per heavy atom. The fourth-order valence-electron chi connectivity index (χ4n) is 2.15. The quantitative estimate of drug-likeness (QED) is 0.880. The van der Waals surface area contributed by atoms with Crippen molar-refractivity contribution in [3.05, 3.63) is 35.9 Å². The molecule has 3 nitrogen and oxygen atoms in total. The van der Waals surface area contributed by atoms with Crippen LogP contribution in [0.5, 0.6) is 0 Å². The molecule has 1 aromatic rings. The van der Waals surface area contributed by atoms with Crippen LogP contribution in [0.3, 0.4) is 0 Å². The molecule has 0 aromatic heterocycles. The third kappa shape index (κ3) is 2.81. The highest BCUT2D eigenvalue weighted by atomic mass is 16.2. The van der Waals surface area contributed by atoms with Gasteiger partial charge >= 0.3 is 0 Å². The standard InChI is InChI=1S/C16H24N2O/c1-15(2,18(3)4)12-17-14(19)16(10-11-16)13-8-6-5-7-9-13/h5-9H,10-12H2,1-4H3,(H,17,19). The number of hydrogen-bond donors (Lipinski definition) is 1. The Bertz CT molecular complexity index is 447. The molecule has 0 spiro atoms.